The molecule has 1 heteroatoms. The summed E-state index contributed by atoms with van der Waals surface area (Å²) in [6.45, 7) is 10.6. The minimum Gasteiger partial charge on any atom is -0.0834 e. The molecule has 0 aliphatic carbocycles. The molecule has 1 aromatic rings. The highest BCUT2D eigenvalue weighted by Gasteiger charge is 2.10. The number of benzene rings is 1. The molecule has 0 nitrogen and oxygen atoms in total. The first-order chi connectivity index (χ1) is 7.99. The summed E-state index contributed by atoms with van der Waals surface area (Å²) in [6.07, 6.45) is 3.27. The molecule has 0 aliphatic rings. The van der Waals surface area contributed by atoms with Gasteiger partial charge in [0.15, 0.2) is 0 Å². The Labute approximate surface area is 110 Å². The van der Waals surface area contributed by atoms with Crippen LogP contribution in [-0.4, -0.2) is 0 Å². The van der Waals surface area contributed by atoms with Crippen molar-refractivity contribution in [1.82, 2.24) is 0 Å². The molecular formula is C16H21Cl. The van der Waals surface area contributed by atoms with Crippen LogP contribution in [0.2, 0.25) is 5.02 Å². The molecular weight excluding hydrogens is 228 g/mol. The van der Waals surface area contributed by atoms with E-state index in [0.29, 0.717) is 0 Å². The zero-order valence-corrected chi connectivity index (χ0v) is 12.2. The Morgan fingerprint density at radius 1 is 1.24 bits per heavy atom. The molecule has 1 aromatic carbocycles. The molecule has 1 rings (SSSR count). The van der Waals surface area contributed by atoms with Crippen LogP contribution in [-0.2, 0) is 0 Å². The Bertz CT molecular complexity index is 460. The van der Waals surface area contributed by atoms with Crippen LogP contribution in [0.3, 0.4) is 0 Å². The van der Waals surface area contributed by atoms with Crippen LogP contribution in [0.1, 0.15) is 45.2 Å². The van der Waals surface area contributed by atoms with E-state index in [9.17, 15) is 0 Å². The van der Waals surface area contributed by atoms with Crippen LogP contribution in [0.15, 0.2) is 35.4 Å². The minimum atomic E-state index is 0.868. The molecule has 0 saturated carbocycles. The smallest absolute Gasteiger partial charge is 0.0513 e. The van der Waals surface area contributed by atoms with Crippen molar-refractivity contribution < 1.29 is 0 Å². The van der Waals surface area contributed by atoms with E-state index in [4.69, 9.17) is 11.6 Å². The maximum atomic E-state index is 6.41. The van der Waals surface area contributed by atoms with E-state index in [-0.39, 0.29) is 0 Å². The highest BCUT2D eigenvalue weighted by Crippen LogP contribution is 2.32. The van der Waals surface area contributed by atoms with Gasteiger partial charge in [-0.05, 0) is 50.8 Å². The fraction of sp³-hybridized carbons (Fsp3) is 0.375. The number of hydrogen-bond donors (Lipinski definition) is 0. The van der Waals surface area contributed by atoms with Gasteiger partial charge in [-0.15, -0.1) is 0 Å². The Balaban J connectivity index is 3.40. The SMILES string of the molecule is CC/C=C(/C(C)=C(C)C)c1cccc(C)c1Cl. The molecule has 0 atom stereocenters. The van der Waals surface area contributed by atoms with Gasteiger partial charge in [0, 0.05) is 5.56 Å². The second-order valence-corrected chi connectivity index (χ2v) is 4.97. The van der Waals surface area contributed by atoms with Crippen molar-refractivity contribution in [3.8, 4) is 0 Å². The molecule has 0 N–H and O–H groups in total. The van der Waals surface area contributed by atoms with E-state index in [1.807, 2.05) is 13.0 Å². The summed E-state index contributed by atoms with van der Waals surface area (Å²) in [5.41, 5.74) is 6.20. The molecule has 0 radical (unpaired) electrons. The van der Waals surface area contributed by atoms with E-state index in [1.54, 1.807) is 0 Å². The third-order valence-corrected chi connectivity index (χ3v) is 3.55. The van der Waals surface area contributed by atoms with Gasteiger partial charge in [0.25, 0.3) is 0 Å². The quantitative estimate of drug-likeness (QED) is 0.593. The van der Waals surface area contributed by atoms with Gasteiger partial charge in [-0.25, -0.2) is 0 Å². The first-order valence-electron chi connectivity index (χ1n) is 6.09. The van der Waals surface area contributed by atoms with Crippen LogP contribution in [0.25, 0.3) is 5.57 Å². The van der Waals surface area contributed by atoms with Gasteiger partial charge in [0.2, 0.25) is 0 Å². The van der Waals surface area contributed by atoms with Gasteiger partial charge in [-0.3, -0.25) is 0 Å². The molecule has 0 spiro atoms. The van der Waals surface area contributed by atoms with Gasteiger partial charge in [0.05, 0.1) is 5.02 Å². The fourth-order valence-electron chi connectivity index (χ4n) is 1.79. The summed E-state index contributed by atoms with van der Waals surface area (Å²) in [5, 5.41) is 0.868. The van der Waals surface area contributed by atoms with Crippen molar-refractivity contribution in [1.29, 1.82) is 0 Å². The number of aryl methyl sites for hydroxylation is 1. The summed E-state index contributed by atoms with van der Waals surface area (Å²) in [7, 11) is 0. The molecule has 0 heterocycles. The van der Waals surface area contributed by atoms with Gasteiger partial charge in [0.1, 0.15) is 0 Å². The molecule has 0 bridgehead atoms. The third-order valence-electron chi connectivity index (χ3n) is 3.04. The van der Waals surface area contributed by atoms with Crippen LogP contribution in [0, 0.1) is 6.92 Å². The Morgan fingerprint density at radius 3 is 2.41 bits per heavy atom. The molecule has 0 aromatic heterocycles. The van der Waals surface area contributed by atoms with E-state index in [0.717, 1.165) is 22.6 Å². The predicted molar refractivity (Wildman–Crippen MR) is 78.5 cm³/mol. The average Bonchev–Trinajstić information content (AvgIpc) is 2.29. The van der Waals surface area contributed by atoms with Crippen molar-refractivity contribution in [3.63, 3.8) is 0 Å². The monoisotopic (exact) mass is 248 g/mol. The van der Waals surface area contributed by atoms with Crippen LogP contribution in [0.5, 0.6) is 0 Å². The second kappa shape index (κ2) is 6.07. The van der Waals surface area contributed by atoms with Crippen LogP contribution in [0.4, 0.5) is 0 Å². The summed E-state index contributed by atoms with van der Waals surface area (Å²) >= 11 is 6.41. The first kappa shape index (κ1) is 14.1. The lowest BCUT2D eigenvalue weighted by Gasteiger charge is -2.13. The predicted octanol–water partition coefficient (Wildman–Crippen LogP) is 5.80. The highest BCUT2D eigenvalue weighted by atomic mass is 35.5. The molecule has 92 valence electrons. The first-order valence-corrected chi connectivity index (χ1v) is 6.46. The van der Waals surface area contributed by atoms with Crippen LogP contribution >= 0.6 is 11.6 Å². The molecule has 0 aliphatic heterocycles. The Hall–Kier alpha value is -1.01. The van der Waals surface area contributed by atoms with Crippen LogP contribution < -0.4 is 0 Å². The summed E-state index contributed by atoms with van der Waals surface area (Å²) in [5.74, 6) is 0. The normalized spacial score (nSPS) is 11.5. The zero-order valence-electron chi connectivity index (χ0n) is 11.4. The number of rotatable bonds is 3. The molecule has 0 amide bonds. The average molecular weight is 249 g/mol. The lowest BCUT2D eigenvalue weighted by molar-refractivity contribution is 1.21. The van der Waals surface area contributed by atoms with E-state index >= 15 is 0 Å². The van der Waals surface area contributed by atoms with Gasteiger partial charge in [-0.2, -0.15) is 0 Å². The fourth-order valence-corrected chi connectivity index (χ4v) is 2.02. The third kappa shape index (κ3) is 3.23. The molecule has 0 fully saturated rings. The lowest BCUT2D eigenvalue weighted by Crippen LogP contribution is -1.92. The van der Waals surface area contributed by atoms with E-state index in [1.165, 1.54) is 16.7 Å². The summed E-state index contributed by atoms with van der Waals surface area (Å²) in [4.78, 5) is 0. The van der Waals surface area contributed by atoms with Crippen molar-refractivity contribution in [3.05, 3.63) is 51.6 Å². The lowest BCUT2D eigenvalue weighted by atomic mass is 9.94. The van der Waals surface area contributed by atoms with Gasteiger partial charge < -0.3 is 0 Å². The van der Waals surface area contributed by atoms with Crippen molar-refractivity contribution in [2.75, 3.05) is 0 Å². The standard InChI is InChI=1S/C16H21Cl/c1-6-8-14(13(5)11(2)3)15-10-7-9-12(4)16(15)17/h7-10H,6H2,1-5H3/b14-8-. The molecule has 0 unspecified atom stereocenters. The Morgan fingerprint density at radius 2 is 1.88 bits per heavy atom. The van der Waals surface area contributed by atoms with E-state index < -0.39 is 0 Å². The second-order valence-electron chi connectivity index (χ2n) is 4.59. The topological polar surface area (TPSA) is 0 Å². The minimum absolute atomic E-state index is 0.868. The van der Waals surface area contributed by atoms with Gasteiger partial charge >= 0.3 is 0 Å². The largest absolute Gasteiger partial charge is 0.0834 e. The number of allylic oxidation sites excluding steroid dienone is 4. The number of hydrogen-bond acceptors (Lipinski definition) is 0. The maximum Gasteiger partial charge on any atom is 0.0513 e. The maximum absolute atomic E-state index is 6.41. The Kier molecular flexibility index (Phi) is 5.02. The molecule has 17 heavy (non-hydrogen) atoms. The summed E-state index contributed by atoms with van der Waals surface area (Å²) < 4.78 is 0. The number of halogens is 1. The molecule has 0 saturated heterocycles. The van der Waals surface area contributed by atoms with Crippen molar-refractivity contribution in [2.45, 2.75) is 41.0 Å². The zero-order chi connectivity index (χ0) is 13.0. The highest BCUT2D eigenvalue weighted by molar-refractivity contribution is 6.33. The van der Waals surface area contributed by atoms with Gasteiger partial charge in [-0.1, -0.05) is 48.4 Å². The van der Waals surface area contributed by atoms with Crippen molar-refractivity contribution in [2.24, 2.45) is 0 Å². The van der Waals surface area contributed by atoms with Crippen molar-refractivity contribution >= 4 is 17.2 Å². The summed E-state index contributed by atoms with van der Waals surface area (Å²) in [6, 6.07) is 6.22. The van der Waals surface area contributed by atoms with E-state index in [2.05, 4.69) is 45.9 Å².